The van der Waals surface area contributed by atoms with Crippen LogP contribution in [0.2, 0.25) is 0 Å². The summed E-state index contributed by atoms with van der Waals surface area (Å²) in [4.78, 5) is 22.4. The molecule has 1 amide bonds. The van der Waals surface area contributed by atoms with Crippen LogP contribution in [-0.4, -0.2) is 53.6 Å². The van der Waals surface area contributed by atoms with Gasteiger partial charge in [0.15, 0.2) is 0 Å². The number of nitrogens with two attached hydrogens (primary N) is 1. The van der Waals surface area contributed by atoms with Crippen molar-refractivity contribution in [2.75, 3.05) is 32.5 Å². The first kappa shape index (κ1) is 15.5. The lowest BCUT2D eigenvalue weighted by Crippen LogP contribution is -2.46. The number of carbonyl (C=O) groups excluding carboxylic acids is 1. The Hall–Kier alpha value is -1.89. The smallest absolute Gasteiger partial charge is 0.258 e. The molecule has 1 aromatic heterocycles. The van der Waals surface area contributed by atoms with Gasteiger partial charge in [0.05, 0.1) is 7.11 Å². The van der Waals surface area contributed by atoms with Gasteiger partial charge in [-0.15, -0.1) is 0 Å². The number of amides is 1. The molecule has 1 aromatic rings. The molecule has 7 heteroatoms. The van der Waals surface area contributed by atoms with Crippen LogP contribution in [0.3, 0.4) is 0 Å². The Morgan fingerprint density at radius 1 is 1.57 bits per heavy atom. The standard InChI is InChI=1S/C14H23N5O2/c1-3-19-7-5-4-6-10(19)8-16-12(20)11-9-17-14(15)18-13(11)21-2/h9-10H,3-8H2,1-2H3,(H,16,20)(H2,15,17,18)/t10-/m0/s1. The van der Waals surface area contributed by atoms with E-state index in [4.69, 9.17) is 10.5 Å². The largest absolute Gasteiger partial charge is 0.480 e. The van der Waals surface area contributed by atoms with Gasteiger partial charge in [-0.2, -0.15) is 4.98 Å². The molecule has 0 saturated carbocycles. The molecule has 0 unspecified atom stereocenters. The minimum Gasteiger partial charge on any atom is -0.480 e. The van der Waals surface area contributed by atoms with E-state index in [1.165, 1.54) is 26.1 Å². The zero-order chi connectivity index (χ0) is 15.2. The Labute approximate surface area is 124 Å². The maximum atomic E-state index is 12.2. The van der Waals surface area contributed by atoms with Crippen molar-refractivity contribution in [1.82, 2.24) is 20.2 Å². The molecule has 1 aliphatic heterocycles. The van der Waals surface area contributed by atoms with Gasteiger partial charge in [-0.1, -0.05) is 13.3 Å². The summed E-state index contributed by atoms with van der Waals surface area (Å²) < 4.78 is 5.08. The van der Waals surface area contributed by atoms with Gasteiger partial charge in [0, 0.05) is 18.8 Å². The van der Waals surface area contributed by atoms with Crippen LogP contribution in [-0.2, 0) is 0 Å². The summed E-state index contributed by atoms with van der Waals surface area (Å²) in [6, 6.07) is 0.397. The van der Waals surface area contributed by atoms with Gasteiger partial charge in [0.1, 0.15) is 5.56 Å². The van der Waals surface area contributed by atoms with Crippen molar-refractivity contribution in [3.8, 4) is 5.88 Å². The Morgan fingerprint density at radius 3 is 3.10 bits per heavy atom. The van der Waals surface area contributed by atoms with Crippen LogP contribution in [0.1, 0.15) is 36.5 Å². The number of ether oxygens (including phenoxy) is 1. The Kier molecular flexibility index (Phi) is 5.32. The molecule has 3 N–H and O–H groups in total. The van der Waals surface area contributed by atoms with E-state index in [1.807, 2.05) is 0 Å². The first-order valence-corrected chi connectivity index (χ1v) is 7.34. The molecule has 2 rings (SSSR count). The summed E-state index contributed by atoms with van der Waals surface area (Å²) in [5, 5.41) is 2.95. The molecule has 0 radical (unpaired) electrons. The highest BCUT2D eigenvalue weighted by atomic mass is 16.5. The molecular weight excluding hydrogens is 270 g/mol. The molecule has 1 atom stereocenters. The van der Waals surface area contributed by atoms with E-state index >= 15 is 0 Å². The number of hydrogen-bond donors (Lipinski definition) is 2. The Balaban J connectivity index is 1.98. The van der Waals surface area contributed by atoms with Crippen LogP contribution < -0.4 is 15.8 Å². The lowest BCUT2D eigenvalue weighted by molar-refractivity contribution is 0.0914. The third-order valence-electron chi connectivity index (χ3n) is 3.86. The monoisotopic (exact) mass is 293 g/mol. The Bertz CT molecular complexity index is 494. The van der Waals surface area contributed by atoms with Crippen LogP contribution in [0.25, 0.3) is 0 Å². The van der Waals surface area contributed by atoms with E-state index in [0.717, 1.165) is 19.5 Å². The van der Waals surface area contributed by atoms with Gasteiger partial charge < -0.3 is 15.8 Å². The van der Waals surface area contributed by atoms with Crippen molar-refractivity contribution in [2.24, 2.45) is 0 Å². The summed E-state index contributed by atoms with van der Waals surface area (Å²) >= 11 is 0. The maximum Gasteiger partial charge on any atom is 0.258 e. The van der Waals surface area contributed by atoms with E-state index in [1.54, 1.807) is 0 Å². The summed E-state index contributed by atoms with van der Waals surface area (Å²) in [5.74, 6) is 0.0670. The maximum absolute atomic E-state index is 12.2. The number of anilines is 1. The predicted octanol–water partition coefficient (Wildman–Crippen LogP) is 0.672. The van der Waals surface area contributed by atoms with Crippen molar-refractivity contribution >= 4 is 11.9 Å². The number of aromatic nitrogens is 2. The molecule has 1 saturated heterocycles. The molecule has 21 heavy (non-hydrogen) atoms. The van der Waals surface area contributed by atoms with Crippen molar-refractivity contribution in [3.05, 3.63) is 11.8 Å². The molecule has 116 valence electrons. The number of nitrogens with zero attached hydrogens (tertiary/aromatic N) is 3. The minimum absolute atomic E-state index is 0.0906. The van der Waals surface area contributed by atoms with E-state index in [9.17, 15) is 4.79 Å². The fourth-order valence-corrected chi connectivity index (χ4v) is 2.70. The summed E-state index contributed by atoms with van der Waals surface area (Å²) in [5.41, 5.74) is 5.80. The van der Waals surface area contributed by atoms with Gasteiger partial charge in [0.2, 0.25) is 11.8 Å². The Morgan fingerprint density at radius 2 is 2.38 bits per heavy atom. The summed E-state index contributed by atoms with van der Waals surface area (Å²) in [6.07, 6.45) is 4.96. The molecule has 2 heterocycles. The summed E-state index contributed by atoms with van der Waals surface area (Å²) in [7, 11) is 1.46. The van der Waals surface area contributed by atoms with E-state index < -0.39 is 0 Å². The van der Waals surface area contributed by atoms with Crippen LogP contribution in [0.5, 0.6) is 5.88 Å². The average Bonchev–Trinajstić information content (AvgIpc) is 2.52. The number of carbonyl (C=O) groups is 1. The predicted molar refractivity (Wildman–Crippen MR) is 80.2 cm³/mol. The molecule has 0 spiro atoms. The molecular formula is C14H23N5O2. The molecule has 1 aliphatic rings. The zero-order valence-electron chi connectivity index (χ0n) is 12.6. The molecule has 1 fully saturated rings. The second kappa shape index (κ2) is 7.21. The number of rotatable bonds is 5. The normalized spacial score (nSPS) is 19.2. The second-order valence-electron chi connectivity index (χ2n) is 5.14. The highest BCUT2D eigenvalue weighted by molar-refractivity contribution is 5.96. The number of likely N-dealkylation sites (N-methyl/N-ethyl adjacent to an activating group) is 1. The van der Waals surface area contributed by atoms with Gasteiger partial charge >= 0.3 is 0 Å². The van der Waals surface area contributed by atoms with Crippen LogP contribution in [0.4, 0.5) is 5.95 Å². The first-order chi connectivity index (χ1) is 10.2. The molecule has 0 bridgehead atoms. The van der Waals surface area contributed by atoms with E-state index in [-0.39, 0.29) is 17.7 Å². The van der Waals surface area contributed by atoms with Gasteiger partial charge in [-0.05, 0) is 25.9 Å². The third-order valence-corrected chi connectivity index (χ3v) is 3.86. The average molecular weight is 293 g/mol. The van der Waals surface area contributed by atoms with Crippen LogP contribution in [0.15, 0.2) is 6.20 Å². The van der Waals surface area contributed by atoms with Crippen molar-refractivity contribution < 1.29 is 9.53 Å². The third kappa shape index (κ3) is 3.81. The number of nitrogen functional groups attached to an aromatic ring is 1. The van der Waals surface area contributed by atoms with Gasteiger partial charge in [-0.25, -0.2) is 4.98 Å². The highest BCUT2D eigenvalue weighted by Gasteiger charge is 2.22. The van der Waals surface area contributed by atoms with Gasteiger partial charge in [-0.3, -0.25) is 9.69 Å². The number of likely N-dealkylation sites (tertiary alicyclic amines) is 1. The van der Waals surface area contributed by atoms with Crippen molar-refractivity contribution in [1.29, 1.82) is 0 Å². The van der Waals surface area contributed by atoms with Crippen molar-refractivity contribution in [2.45, 2.75) is 32.2 Å². The van der Waals surface area contributed by atoms with Crippen LogP contribution in [0, 0.1) is 0 Å². The van der Waals surface area contributed by atoms with E-state index in [2.05, 4.69) is 27.1 Å². The number of piperidine rings is 1. The fraction of sp³-hybridized carbons (Fsp3) is 0.643. The molecule has 7 nitrogen and oxygen atoms in total. The highest BCUT2D eigenvalue weighted by Crippen LogP contribution is 2.17. The quantitative estimate of drug-likeness (QED) is 0.829. The van der Waals surface area contributed by atoms with Gasteiger partial charge in [0.25, 0.3) is 5.91 Å². The molecule has 0 aromatic carbocycles. The van der Waals surface area contributed by atoms with Crippen LogP contribution >= 0.6 is 0 Å². The lowest BCUT2D eigenvalue weighted by atomic mass is 10.0. The SMILES string of the molecule is CCN1CCCC[C@H]1CNC(=O)c1cnc(N)nc1OC. The fourth-order valence-electron chi connectivity index (χ4n) is 2.70. The second-order valence-corrected chi connectivity index (χ2v) is 5.14. The minimum atomic E-state index is -0.228. The number of nitrogens with one attached hydrogen (secondary N) is 1. The topological polar surface area (TPSA) is 93.4 Å². The van der Waals surface area contributed by atoms with E-state index in [0.29, 0.717) is 18.2 Å². The zero-order valence-corrected chi connectivity index (χ0v) is 12.6. The summed E-state index contributed by atoms with van der Waals surface area (Å²) in [6.45, 7) is 4.89. The number of methoxy groups -OCH3 is 1. The number of hydrogen-bond acceptors (Lipinski definition) is 6. The first-order valence-electron chi connectivity index (χ1n) is 7.34. The lowest BCUT2D eigenvalue weighted by Gasteiger charge is -2.34. The van der Waals surface area contributed by atoms with Crippen molar-refractivity contribution in [3.63, 3.8) is 0 Å². The molecule has 0 aliphatic carbocycles.